The van der Waals surface area contributed by atoms with Gasteiger partial charge in [0.05, 0.1) is 30.3 Å². The van der Waals surface area contributed by atoms with Gasteiger partial charge in [0.25, 0.3) is 0 Å². The summed E-state index contributed by atoms with van der Waals surface area (Å²) in [6.45, 7) is 18.4. The van der Waals surface area contributed by atoms with E-state index < -0.39 is 0 Å². The molecule has 0 aromatic carbocycles. The van der Waals surface area contributed by atoms with E-state index in [1.165, 1.54) is 0 Å². The van der Waals surface area contributed by atoms with Crippen LogP contribution in [0.3, 0.4) is 0 Å². The molecule has 1 aromatic heterocycles. The number of ether oxygens (including phenoxy) is 1. The molecule has 24 heavy (non-hydrogen) atoms. The van der Waals surface area contributed by atoms with Gasteiger partial charge in [0.2, 0.25) is 5.95 Å². The summed E-state index contributed by atoms with van der Waals surface area (Å²) in [6, 6.07) is 0. The Bertz CT molecular complexity index is 496. The smallest absolute Gasteiger partial charge is 0.225 e. The molecule has 1 saturated heterocycles. The van der Waals surface area contributed by atoms with Crippen LogP contribution >= 0.6 is 0 Å². The maximum atomic E-state index is 5.81. The van der Waals surface area contributed by atoms with Crippen LogP contribution in [0.5, 0.6) is 0 Å². The van der Waals surface area contributed by atoms with E-state index in [1.807, 2.05) is 12.4 Å². The molecule has 136 valence electrons. The molecule has 6 nitrogen and oxygen atoms in total. The van der Waals surface area contributed by atoms with Crippen LogP contribution in [0.25, 0.3) is 0 Å². The fourth-order valence-corrected chi connectivity index (χ4v) is 2.63. The average Bonchev–Trinajstić information content (AvgIpc) is 2.46. The number of nitrogens with one attached hydrogen (secondary N) is 1. The van der Waals surface area contributed by atoms with E-state index in [9.17, 15) is 0 Å². The van der Waals surface area contributed by atoms with Gasteiger partial charge in [-0.15, -0.1) is 0 Å². The van der Waals surface area contributed by atoms with Crippen molar-refractivity contribution in [3.05, 3.63) is 12.4 Å². The van der Waals surface area contributed by atoms with Gasteiger partial charge in [-0.05, 0) is 41.5 Å². The fourth-order valence-electron chi connectivity index (χ4n) is 2.63. The van der Waals surface area contributed by atoms with E-state index in [0.29, 0.717) is 0 Å². The van der Waals surface area contributed by atoms with Crippen LogP contribution < -0.4 is 10.2 Å². The first-order chi connectivity index (χ1) is 11.1. The Balaban J connectivity index is 1.78. The van der Waals surface area contributed by atoms with Gasteiger partial charge in [0, 0.05) is 38.3 Å². The molecule has 0 spiro atoms. The number of nitrogens with zero attached hydrogens (tertiary/aromatic N) is 4. The summed E-state index contributed by atoms with van der Waals surface area (Å²) in [7, 11) is 0. The molecule has 2 heterocycles. The van der Waals surface area contributed by atoms with E-state index in [-0.39, 0.29) is 11.1 Å². The standard InChI is InChI=1S/C18H33N5O/c1-17(2,3)21-15-13-19-16(20-14-15)23-9-7-22(8-10-23)11-12-24-18(4,5)6/h13-14,21H,7-12H2,1-6H3. The molecular weight excluding hydrogens is 302 g/mol. The minimum atomic E-state index is -0.0570. The monoisotopic (exact) mass is 335 g/mol. The Hall–Kier alpha value is -1.40. The maximum Gasteiger partial charge on any atom is 0.225 e. The highest BCUT2D eigenvalue weighted by Gasteiger charge is 2.20. The van der Waals surface area contributed by atoms with Crippen molar-refractivity contribution in [1.82, 2.24) is 14.9 Å². The van der Waals surface area contributed by atoms with Crippen molar-refractivity contribution in [2.24, 2.45) is 0 Å². The Kier molecular flexibility index (Phi) is 6.04. The minimum absolute atomic E-state index is 0.0195. The van der Waals surface area contributed by atoms with Crippen molar-refractivity contribution in [1.29, 1.82) is 0 Å². The molecule has 0 aliphatic carbocycles. The van der Waals surface area contributed by atoms with Crippen LogP contribution in [0.2, 0.25) is 0 Å². The summed E-state index contributed by atoms with van der Waals surface area (Å²) < 4.78 is 5.81. The Morgan fingerprint density at radius 1 is 1.00 bits per heavy atom. The molecule has 6 heteroatoms. The minimum Gasteiger partial charge on any atom is -0.378 e. The van der Waals surface area contributed by atoms with Crippen molar-refractivity contribution < 1.29 is 4.74 Å². The van der Waals surface area contributed by atoms with Crippen LogP contribution in [0, 0.1) is 0 Å². The van der Waals surface area contributed by atoms with E-state index in [2.05, 4.69) is 66.6 Å². The lowest BCUT2D eigenvalue weighted by atomic mass is 10.1. The van der Waals surface area contributed by atoms with Crippen LogP contribution in [-0.2, 0) is 4.74 Å². The van der Waals surface area contributed by atoms with Gasteiger partial charge in [-0.2, -0.15) is 0 Å². The third-order valence-corrected chi connectivity index (χ3v) is 3.76. The summed E-state index contributed by atoms with van der Waals surface area (Å²) in [5.74, 6) is 0.819. The Morgan fingerprint density at radius 3 is 2.08 bits per heavy atom. The van der Waals surface area contributed by atoms with Gasteiger partial charge in [0.1, 0.15) is 0 Å². The second-order valence-corrected chi connectivity index (χ2v) is 8.44. The summed E-state index contributed by atoms with van der Waals surface area (Å²) in [5, 5.41) is 3.39. The molecular formula is C18H33N5O. The fraction of sp³-hybridized carbons (Fsp3) is 0.778. The zero-order chi connectivity index (χ0) is 17.8. The molecule has 1 N–H and O–H groups in total. The molecule has 0 saturated carbocycles. The quantitative estimate of drug-likeness (QED) is 0.893. The Morgan fingerprint density at radius 2 is 1.58 bits per heavy atom. The first-order valence-electron chi connectivity index (χ1n) is 8.84. The molecule has 2 rings (SSSR count). The summed E-state index contributed by atoms with van der Waals surface area (Å²) in [6.07, 6.45) is 3.74. The number of aromatic nitrogens is 2. The molecule has 1 aromatic rings. The lowest BCUT2D eigenvalue weighted by molar-refractivity contribution is -0.0135. The second kappa shape index (κ2) is 7.66. The number of hydrogen-bond donors (Lipinski definition) is 1. The van der Waals surface area contributed by atoms with Gasteiger partial charge >= 0.3 is 0 Å². The lowest BCUT2D eigenvalue weighted by Crippen LogP contribution is -2.48. The molecule has 0 unspecified atom stereocenters. The Labute approximate surface area is 146 Å². The number of anilines is 2. The summed E-state index contributed by atoms with van der Waals surface area (Å²) >= 11 is 0. The van der Waals surface area contributed by atoms with Crippen LogP contribution in [0.15, 0.2) is 12.4 Å². The first kappa shape index (κ1) is 18.9. The average molecular weight is 335 g/mol. The van der Waals surface area contributed by atoms with E-state index in [0.717, 1.165) is 51.0 Å². The molecule has 0 atom stereocenters. The normalized spacial score (nSPS) is 17.2. The van der Waals surface area contributed by atoms with Crippen molar-refractivity contribution in [3.63, 3.8) is 0 Å². The maximum absolute atomic E-state index is 5.81. The highest BCUT2D eigenvalue weighted by Crippen LogP contribution is 2.16. The topological polar surface area (TPSA) is 53.5 Å². The van der Waals surface area contributed by atoms with E-state index >= 15 is 0 Å². The van der Waals surface area contributed by atoms with Crippen molar-refractivity contribution in [2.45, 2.75) is 52.7 Å². The number of rotatable bonds is 5. The summed E-state index contributed by atoms with van der Waals surface area (Å²) in [4.78, 5) is 13.7. The number of piperazine rings is 1. The highest BCUT2D eigenvalue weighted by molar-refractivity contribution is 5.44. The van der Waals surface area contributed by atoms with Gasteiger partial charge in [-0.3, -0.25) is 4.90 Å². The predicted octanol–water partition coefficient (Wildman–Crippen LogP) is 2.62. The van der Waals surface area contributed by atoms with Crippen LogP contribution in [-0.4, -0.2) is 65.3 Å². The molecule has 1 aliphatic rings. The van der Waals surface area contributed by atoms with Crippen LogP contribution in [0.1, 0.15) is 41.5 Å². The largest absolute Gasteiger partial charge is 0.378 e. The molecule has 0 amide bonds. The molecule has 1 aliphatic heterocycles. The zero-order valence-electron chi connectivity index (χ0n) is 16.1. The van der Waals surface area contributed by atoms with Crippen molar-refractivity contribution in [3.8, 4) is 0 Å². The van der Waals surface area contributed by atoms with Gasteiger partial charge in [-0.1, -0.05) is 0 Å². The molecule has 0 bridgehead atoms. The zero-order valence-corrected chi connectivity index (χ0v) is 16.1. The van der Waals surface area contributed by atoms with Crippen LogP contribution in [0.4, 0.5) is 11.6 Å². The van der Waals surface area contributed by atoms with Crippen molar-refractivity contribution in [2.75, 3.05) is 49.5 Å². The predicted molar refractivity (Wildman–Crippen MR) is 99.8 cm³/mol. The lowest BCUT2D eigenvalue weighted by Gasteiger charge is -2.35. The SMILES string of the molecule is CC(C)(C)Nc1cnc(N2CCN(CCOC(C)(C)C)CC2)nc1. The summed E-state index contributed by atoms with van der Waals surface area (Å²) in [5.41, 5.74) is 0.925. The first-order valence-corrected chi connectivity index (χ1v) is 8.84. The number of hydrogen-bond acceptors (Lipinski definition) is 6. The second-order valence-electron chi connectivity index (χ2n) is 8.44. The third kappa shape index (κ3) is 6.61. The third-order valence-electron chi connectivity index (χ3n) is 3.76. The van der Waals surface area contributed by atoms with Crippen molar-refractivity contribution >= 4 is 11.6 Å². The van der Waals surface area contributed by atoms with Gasteiger partial charge < -0.3 is 15.0 Å². The highest BCUT2D eigenvalue weighted by atomic mass is 16.5. The molecule has 0 radical (unpaired) electrons. The van der Waals surface area contributed by atoms with E-state index in [4.69, 9.17) is 4.74 Å². The molecule has 1 fully saturated rings. The van der Waals surface area contributed by atoms with Gasteiger partial charge in [0.15, 0.2) is 0 Å². The van der Waals surface area contributed by atoms with E-state index in [1.54, 1.807) is 0 Å². The van der Waals surface area contributed by atoms with Gasteiger partial charge in [-0.25, -0.2) is 9.97 Å².